The maximum atomic E-state index is 6.09. The third-order valence-electron chi connectivity index (χ3n) is 3.71. The van der Waals surface area contributed by atoms with Gasteiger partial charge in [-0.3, -0.25) is 0 Å². The summed E-state index contributed by atoms with van der Waals surface area (Å²) in [5, 5.41) is 0. The fraction of sp³-hybridized carbons (Fsp3) is 0.353. The number of nitrogens with two attached hydrogens (primary N) is 1. The van der Waals surface area contributed by atoms with Crippen molar-refractivity contribution in [1.29, 1.82) is 0 Å². The van der Waals surface area contributed by atoms with E-state index in [1.165, 1.54) is 12.8 Å². The molecule has 1 aliphatic rings. The Kier molecular flexibility index (Phi) is 3.95. The largest absolute Gasteiger partial charge is 0.490 e. The number of rotatable bonds is 6. The highest BCUT2D eigenvalue weighted by Crippen LogP contribution is 2.37. The molecule has 0 spiro atoms. The fourth-order valence-corrected chi connectivity index (χ4v) is 2.49. The van der Waals surface area contributed by atoms with Gasteiger partial charge in [0, 0.05) is 24.5 Å². The molecule has 21 heavy (non-hydrogen) atoms. The van der Waals surface area contributed by atoms with Gasteiger partial charge < -0.3 is 15.4 Å². The molecule has 0 atom stereocenters. The number of benzene rings is 1. The Morgan fingerprint density at radius 3 is 2.76 bits per heavy atom. The summed E-state index contributed by atoms with van der Waals surface area (Å²) in [7, 11) is 0. The molecule has 3 rings (SSSR count). The van der Waals surface area contributed by atoms with Gasteiger partial charge in [-0.1, -0.05) is 18.2 Å². The predicted octanol–water partition coefficient (Wildman–Crippen LogP) is 3.23. The normalized spacial score (nSPS) is 14.0. The molecule has 1 fully saturated rings. The van der Waals surface area contributed by atoms with Gasteiger partial charge in [-0.05, 0) is 43.5 Å². The minimum absolute atomic E-state index is 0.540. The van der Waals surface area contributed by atoms with Gasteiger partial charge in [0.1, 0.15) is 0 Å². The molecule has 110 valence electrons. The van der Waals surface area contributed by atoms with E-state index in [-0.39, 0.29) is 0 Å². The monoisotopic (exact) mass is 283 g/mol. The van der Waals surface area contributed by atoms with E-state index in [0.717, 1.165) is 29.4 Å². The Hall–Kier alpha value is -2.23. The Morgan fingerprint density at radius 1 is 1.24 bits per heavy atom. The van der Waals surface area contributed by atoms with Crippen LogP contribution >= 0.6 is 0 Å². The van der Waals surface area contributed by atoms with Crippen LogP contribution in [-0.2, 0) is 6.54 Å². The smallest absolute Gasteiger partial charge is 0.171 e. The van der Waals surface area contributed by atoms with Crippen molar-refractivity contribution in [2.75, 3.05) is 17.2 Å². The number of pyridine rings is 1. The summed E-state index contributed by atoms with van der Waals surface area (Å²) < 4.78 is 5.73. The van der Waals surface area contributed by atoms with Crippen molar-refractivity contribution in [3.8, 4) is 5.75 Å². The van der Waals surface area contributed by atoms with E-state index in [0.29, 0.717) is 12.6 Å². The van der Waals surface area contributed by atoms with Crippen LogP contribution in [0.1, 0.15) is 25.3 Å². The number of aromatic nitrogens is 1. The average Bonchev–Trinajstić information content (AvgIpc) is 3.32. The minimum atomic E-state index is 0.540. The average molecular weight is 283 g/mol. The maximum absolute atomic E-state index is 6.09. The molecule has 0 amide bonds. The van der Waals surface area contributed by atoms with E-state index < -0.39 is 0 Å². The van der Waals surface area contributed by atoms with Crippen molar-refractivity contribution in [1.82, 2.24) is 4.98 Å². The van der Waals surface area contributed by atoms with Gasteiger partial charge in [0.2, 0.25) is 0 Å². The maximum Gasteiger partial charge on any atom is 0.171 e. The quantitative estimate of drug-likeness (QED) is 0.827. The van der Waals surface area contributed by atoms with E-state index in [1.54, 1.807) is 0 Å². The summed E-state index contributed by atoms with van der Waals surface area (Å²) in [5.41, 5.74) is 8.05. The molecule has 0 unspecified atom stereocenters. The second kappa shape index (κ2) is 6.04. The molecule has 2 aromatic rings. The van der Waals surface area contributed by atoms with Crippen LogP contribution in [0, 0.1) is 0 Å². The van der Waals surface area contributed by atoms with Crippen LogP contribution in [0.2, 0.25) is 0 Å². The molecular formula is C17H21N3O. The molecule has 1 aromatic heterocycles. The van der Waals surface area contributed by atoms with E-state index >= 15 is 0 Å². The molecule has 4 heteroatoms. The van der Waals surface area contributed by atoms with Crippen molar-refractivity contribution in [2.24, 2.45) is 0 Å². The van der Waals surface area contributed by atoms with Crippen molar-refractivity contribution < 1.29 is 4.74 Å². The number of para-hydroxylation sites is 1. The SMILES string of the molecule is CCOc1cccnc1N(Cc1ccccc1N)C1CC1. The van der Waals surface area contributed by atoms with Gasteiger partial charge in [0.05, 0.1) is 6.61 Å². The molecule has 2 N–H and O–H groups in total. The molecule has 0 bridgehead atoms. The van der Waals surface area contributed by atoms with Crippen molar-refractivity contribution in [3.05, 3.63) is 48.2 Å². The Labute approximate surface area is 125 Å². The summed E-state index contributed by atoms with van der Waals surface area (Å²) in [5.74, 6) is 1.77. The third kappa shape index (κ3) is 3.10. The van der Waals surface area contributed by atoms with Crippen LogP contribution in [0.25, 0.3) is 0 Å². The summed E-state index contributed by atoms with van der Waals surface area (Å²) in [6.07, 6.45) is 4.23. The lowest BCUT2D eigenvalue weighted by Gasteiger charge is -2.26. The van der Waals surface area contributed by atoms with Gasteiger partial charge in [0.25, 0.3) is 0 Å². The zero-order valence-electron chi connectivity index (χ0n) is 12.3. The van der Waals surface area contributed by atoms with Crippen LogP contribution in [0.4, 0.5) is 11.5 Å². The molecule has 1 saturated carbocycles. The third-order valence-corrected chi connectivity index (χ3v) is 3.71. The summed E-state index contributed by atoms with van der Waals surface area (Å²) in [6, 6.07) is 12.5. The summed E-state index contributed by atoms with van der Waals surface area (Å²) in [6.45, 7) is 3.41. The first-order valence-electron chi connectivity index (χ1n) is 7.47. The zero-order chi connectivity index (χ0) is 14.7. The van der Waals surface area contributed by atoms with Gasteiger partial charge >= 0.3 is 0 Å². The second-order valence-corrected chi connectivity index (χ2v) is 5.32. The van der Waals surface area contributed by atoms with E-state index in [1.807, 2.05) is 43.5 Å². The van der Waals surface area contributed by atoms with E-state index in [4.69, 9.17) is 10.5 Å². The lowest BCUT2D eigenvalue weighted by Crippen LogP contribution is -2.27. The van der Waals surface area contributed by atoms with Crippen LogP contribution in [-0.4, -0.2) is 17.6 Å². The number of nitrogen functional groups attached to an aromatic ring is 1. The second-order valence-electron chi connectivity index (χ2n) is 5.32. The van der Waals surface area contributed by atoms with Gasteiger partial charge in [-0.25, -0.2) is 4.98 Å². The molecule has 4 nitrogen and oxygen atoms in total. The molecular weight excluding hydrogens is 262 g/mol. The highest BCUT2D eigenvalue weighted by molar-refractivity contribution is 5.56. The number of ether oxygens (including phenoxy) is 1. The lowest BCUT2D eigenvalue weighted by molar-refractivity contribution is 0.338. The first-order valence-corrected chi connectivity index (χ1v) is 7.47. The highest BCUT2D eigenvalue weighted by Gasteiger charge is 2.32. The number of hydrogen-bond acceptors (Lipinski definition) is 4. The van der Waals surface area contributed by atoms with E-state index in [9.17, 15) is 0 Å². The number of anilines is 2. The molecule has 1 aromatic carbocycles. The molecule has 0 saturated heterocycles. The molecule has 1 heterocycles. The zero-order valence-corrected chi connectivity index (χ0v) is 12.3. The Balaban J connectivity index is 1.90. The van der Waals surface area contributed by atoms with Crippen molar-refractivity contribution in [2.45, 2.75) is 32.4 Å². The molecule has 0 radical (unpaired) electrons. The van der Waals surface area contributed by atoms with Gasteiger partial charge in [-0.2, -0.15) is 0 Å². The first kappa shape index (κ1) is 13.7. The van der Waals surface area contributed by atoms with Crippen LogP contribution in [0.3, 0.4) is 0 Å². The van der Waals surface area contributed by atoms with Gasteiger partial charge in [-0.15, -0.1) is 0 Å². The van der Waals surface area contributed by atoms with Crippen LogP contribution in [0.5, 0.6) is 5.75 Å². The Bertz CT molecular complexity index is 610. The summed E-state index contributed by atoms with van der Waals surface area (Å²) in [4.78, 5) is 6.86. The Morgan fingerprint density at radius 2 is 2.05 bits per heavy atom. The first-order chi connectivity index (χ1) is 10.3. The summed E-state index contributed by atoms with van der Waals surface area (Å²) >= 11 is 0. The highest BCUT2D eigenvalue weighted by atomic mass is 16.5. The molecule has 1 aliphatic carbocycles. The fourth-order valence-electron chi connectivity index (χ4n) is 2.49. The molecule has 0 aliphatic heterocycles. The topological polar surface area (TPSA) is 51.4 Å². The van der Waals surface area contributed by atoms with Crippen LogP contribution in [0.15, 0.2) is 42.6 Å². The number of nitrogens with zero attached hydrogens (tertiary/aromatic N) is 2. The number of hydrogen-bond donors (Lipinski definition) is 1. The van der Waals surface area contributed by atoms with Crippen molar-refractivity contribution in [3.63, 3.8) is 0 Å². The van der Waals surface area contributed by atoms with Crippen LogP contribution < -0.4 is 15.4 Å². The lowest BCUT2D eigenvalue weighted by atomic mass is 10.1. The predicted molar refractivity (Wildman–Crippen MR) is 85.5 cm³/mol. The van der Waals surface area contributed by atoms with Gasteiger partial charge in [0.15, 0.2) is 11.6 Å². The van der Waals surface area contributed by atoms with E-state index in [2.05, 4.69) is 16.0 Å². The minimum Gasteiger partial charge on any atom is -0.490 e. The van der Waals surface area contributed by atoms with Crippen molar-refractivity contribution >= 4 is 11.5 Å². The standard InChI is InChI=1S/C17H21N3O/c1-2-21-16-8-5-11-19-17(16)20(14-9-10-14)12-13-6-3-4-7-15(13)18/h3-8,11,14H,2,9-10,12,18H2,1H3.